The maximum atomic E-state index is 9.89. The number of benzene rings is 1. The molecule has 1 unspecified atom stereocenters. The summed E-state index contributed by atoms with van der Waals surface area (Å²) in [6.45, 7) is 12.0. The molecule has 3 rings (SSSR count). The van der Waals surface area contributed by atoms with Crippen LogP contribution in [-0.2, 0) is 6.42 Å². The first-order chi connectivity index (χ1) is 14.7. The fourth-order valence-corrected chi connectivity index (χ4v) is 4.71. The van der Waals surface area contributed by atoms with Crippen molar-refractivity contribution in [1.29, 1.82) is 0 Å². The highest BCUT2D eigenvalue weighted by molar-refractivity contribution is 5.49. The molecule has 1 atom stereocenters. The smallest absolute Gasteiger partial charge is 0.157 e. The molecule has 1 aliphatic carbocycles. The average Bonchev–Trinajstić information content (AvgIpc) is 2.68. The minimum atomic E-state index is -0.0640. The van der Waals surface area contributed by atoms with E-state index < -0.39 is 0 Å². The Morgan fingerprint density at radius 2 is 1.81 bits per heavy atom. The predicted octanol–water partition coefficient (Wildman–Crippen LogP) is 6.82. The lowest BCUT2D eigenvalue weighted by atomic mass is 9.72. The molecule has 0 radical (unpaired) electrons. The molecule has 1 heterocycles. The zero-order chi connectivity index (χ0) is 22.6. The number of phenolic OH excluding ortho intramolecular Hbond substituents is 2. The first kappa shape index (κ1) is 23.1. The van der Waals surface area contributed by atoms with Gasteiger partial charge in [0.1, 0.15) is 0 Å². The van der Waals surface area contributed by atoms with Crippen LogP contribution >= 0.6 is 0 Å². The van der Waals surface area contributed by atoms with E-state index >= 15 is 0 Å². The van der Waals surface area contributed by atoms with Gasteiger partial charge in [0.05, 0.1) is 6.04 Å². The number of fused-ring (bicyclic) bond motifs is 1. The number of nitrogens with one attached hydrogen (secondary N) is 1. The summed E-state index contributed by atoms with van der Waals surface area (Å²) in [6, 6.07) is 3.39. The van der Waals surface area contributed by atoms with Crippen molar-refractivity contribution in [3.8, 4) is 11.5 Å². The normalized spacial score (nSPS) is 22.4. The van der Waals surface area contributed by atoms with Crippen molar-refractivity contribution in [2.75, 3.05) is 6.54 Å². The molecule has 1 aromatic rings. The van der Waals surface area contributed by atoms with Crippen LogP contribution in [0.3, 0.4) is 0 Å². The van der Waals surface area contributed by atoms with Gasteiger partial charge < -0.3 is 15.5 Å². The van der Waals surface area contributed by atoms with Gasteiger partial charge in [0.25, 0.3) is 0 Å². The van der Waals surface area contributed by atoms with Crippen LogP contribution in [-0.4, -0.2) is 16.8 Å². The van der Waals surface area contributed by atoms with Gasteiger partial charge in [-0.15, -0.1) is 0 Å². The quantitative estimate of drug-likeness (QED) is 0.363. The summed E-state index contributed by atoms with van der Waals surface area (Å²) < 4.78 is 0. The van der Waals surface area contributed by atoms with Gasteiger partial charge in [-0.2, -0.15) is 0 Å². The summed E-state index contributed by atoms with van der Waals surface area (Å²) in [5.41, 5.74) is 7.77. The Morgan fingerprint density at radius 1 is 1.06 bits per heavy atom. The summed E-state index contributed by atoms with van der Waals surface area (Å²) in [5.74, 6) is -0.109. The Balaban J connectivity index is 1.69. The van der Waals surface area contributed by atoms with Gasteiger partial charge in [-0.25, -0.2) is 0 Å². The first-order valence-electron chi connectivity index (χ1n) is 11.4. The first-order valence-corrected chi connectivity index (χ1v) is 11.4. The zero-order valence-electron chi connectivity index (χ0n) is 19.6. The minimum absolute atomic E-state index is 0.0355. The van der Waals surface area contributed by atoms with E-state index in [1.807, 2.05) is 0 Å². The molecule has 0 spiro atoms. The van der Waals surface area contributed by atoms with Crippen molar-refractivity contribution in [3.63, 3.8) is 0 Å². The molecule has 0 fully saturated rings. The van der Waals surface area contributed by atoms with Gasteiger partial charge in [-0.1, -0.05) is 67.0 Å². The summed E-state index contributed by atoms with van der Waals surface area (Å²) in [4.78, 5) is 0. The third kappa shape index (κ3) is 5.80. The van der Waals surface area contributed by atoms with Crippen molar-refractivity contribution in [2.45, 2.75) is 66.3 Å². The highest BCUT2D eigenvalue weighted by Crippen LogP contribution is 2.40. The molecule has 1 aromatic carbocycles. The predicted molar refractivity (Wildman–Crippen MR) is 130 cm³/mol. The standard InChI is InChI=1S/C28H37NO2/c1-19(11-12-24-21(3)10-7-14-28(24,4)5)8-6-9-20(2)16-25-23-18-27(31)26(30)17-22(23)13-15-29-25/h6,8-9,11-12,16-18,25,29-31H,7,10,13-15H2,1-5H3/b9-6+,12-11+,19-8+,20-16+. The van der Waals surface area contributed by atoms with E-state index in [9.17, 15) is 10.2 Å². The van der Waals surface area contributed by atoms with Crippen molar-refractivity contribution < 1.29 is 10.2 Å². The molecule has 2 aliphatic rings. The second kappa shape index (κ2) is 9.74. The highest BCUT2D eigenvalue weighted by atomic mass is 16.3. The average molecular weight is 420 g/mol. The Kier molecular flexibility index (Phi) is 7.27. The number of allylic oxidation sites excluding steroid dienone is 9. The SMILES string of the molecule is CC1=C(/C=C/C(C)=C/C=C/C(C)=C/C2NCCc3cc(O)c(O)cc32)C(C)(C)CCC1. The summed E-state index contributed by atoms with van der Waals surface area (Å²) in [7, 11) is 0. The maximum Gasteiger partial charge on any atom is 0.157 e. The van der Waals surface area contributed by atoms with E-state index in [1.165, 1.54) is 36.0 Å². The lowest BCUT2D eigenvalue weighted by Gasteiger charge is -2.32. The number of hydrogen-bond donors (Lipinski definition) is 3. The van der Waals surface area contributed by atoms with Crippen molar-refractivity contribution in [2.24, 2.45) is 5.41 Å². The molecule has 0 saturated heterocycles. The lowest BCUT2D eigenvalue weighted by molar-refractivity contribution is 0.377. The van der Waals surface area contributed by atoms with Gasteiger partial charge >= 0.3 is 0 Å². The highest BCUT2D eigenvalue weighted by Gasteiger charge is 2.26. The van der Waals surface area contributed by atoms with Gasteiger partial charge in [0.15, 0.2) is 11.5 Å². The summed E-state index contributed by atoms with van der Waals surface area (Å²) in [6.07, 6.45) is 17.7. The minimum Gasteiger partial charge on any atom is -0.504 e. The van der Waals surface area contributed by atoms with Crippen LogP contribution < -0.4 is 5.32 Å². The van der Waals surface area contributed by atoms with Gasteiger partial charge in [-0.05, 0) is 80.7 Å². The van der Waals surface area contributed by atoms with E-state index in [2.05, 4.69) is 76.4 Å². The second-order valence-electron chi connectivity index (χ2n) is 9.67. The molecule has 0 saturated carbocycles. The van der Waals surface area contributed by atoms with Crippen molar-refractivity contribution in [1.82, 2.24) is 5.32 Å². The number of phenols is 2. The molecule has 1 aliphatic heterocycles. The molecule has 0 amide bonds. The maximum absolute atomic E-state index is 9.89. The molecule has 3 heteroatoms. The van der Waals surface area contributed by atoms with Gasteiger partial charge in [-0.3, -0.25) is 0 Å². The second-order valence-corrected chi connectivity index (χ2v) is 9.67. The Hall–Kier alpha value is -2.52. The van der Waals surface area contributed by atoms with Crippen molar-refractivity contribution in [3.05, 3.63) is 82.0 Å². The van der Waals surface area contributed by atoms with E-state index in [1.54, 1.807) is 12.1 Å². The van der Waals surface area contributed by atoms with E-state index in [4.69, 9.17) is 0 Å². The molecule has 3 nitrogen and oxygen atoms in total. The molecular formula is C28H37NO2. The monoisotopic (exact) mass is 419 g/mol. The van der Waals surface area contributed by atoms with Crippen LogP contribution in [0.2, 0.25) is 0 Å². The van der Waals surface area contributed by atoms with E-state index in [0.29, 0.717) is 0 Å². The molecular weight excluding hydrogens is 382 g/mol. The summed E-state index contributed by atoms with van der Waals surface area (Å²) in [5, 5.41) is 23.1. The van der Waals surface area contributed by atoms with Crippen LogP contribution in [0.15, 0.2) is 70.9 Å². The largest absolute Gasteiger partial charge is 0.504 e. The fraction of sp³-hybridized carbons (Fsp3) is 0.429. The van der Waals surface area contributed by atoms with Gasteiger partial charge in [0.2, 0.25) is 0 Å². The lowest BCUT2D eigenvalue weighted by Crippen LogP contribution is -2.28. The third-order valence-corrected chi connectivity index (χ3v) is 6.53. The van der Waals surface area contributed by atoms with Gasteiger partial charge in [0, 0.05) is 6.54 Å². The fourth-order valence-electron chi connectivity index (χ4n) is 4.71. The van der Waals surface area contributed by atoms with Crippen LogP contribution in [0.1, 0.15) is 71.0 Å². The Bertz CT molecular complexity index is 973. The molecule has 0 aromatic heterocycles. The zero-order valence-corrected chi connectivity index (χ0v) is 19.6. The number of hydrogen-bond acceptors (Lipinski definition) is 3. The summed E-state index contributed by atoms with van der Waals surface area (Å²) >= 11 is 0. The van der Waals surface area contributed by atoms with Crippen molar-refractivity contribution >= 4 is 0 Å². The van der Waals surface area contributed by atoms with Crippen LogP contribution in [0.25, 0.3) is 0 Å². The van der Waals surface area contributed by atoms with E-state index in [0.717, 1.165) is 29.7 Å². The Morgan fingerprint density at radius 3 is 2.55 bits per heavy atom. The van der Waals surface area contributed by atoms with E-state index in [-0.39, 0.29) is 23.0 Å². The number of rotatable bonds is 5. The topological polar surface area (TPSA) is 52.5 Å². The van der Waals surface area contributed by atoms with Crippen LogP contribution in [0.4, 0.5) is 0 Å². The molecule has 0 bridgehead atoms. The Labute approximate surface area is 187 Å². The number of aromatic hydroxyl groups is 2. The molecule has 31 heavy (non-hydrogen) atoms. The van der Waals surface area contributed by atoms with Crippen LogP contribution in [0.5, 0.6) is 11.5 Å². The molecule has 166 valence electrons. The third-order valence-electron chi connectivity index (χ3n) is 6.53. The molecule has 3 N–H and O–H groups in total. The van der Waals surface area contributed by atoms with Crippen LogP contribution in [0, 0.1) is 5.41 Å².